The third-order valence-corrected chi connectivity index (χ3v) is 5.13. The van der Waals surface area contributed by atoms with Gasteiger partial charge in [-0.25, -0.2) is 0 Å². The summed E-state index contributed by atoms with van der Waals surface area (Å²) < 4.78 is 6.89. The van der Waals surface area contributed by atoms with E-state index in [9.17, 15) is 24.6 Å². The van der Waals surface area contributed by atoms with Crippen LogP contribution < -0.4 is 26.2 Å². The molecule has 0 unspecified atom stereocenters. The standard InChI is InChI=1S/C23H23NO6/c1-11(2)6-7-13-17(30-5)10-16(27)19-20(13)24(4)21-14(22(19)28)8-9-15(26)18(12(3)25)23(21)29/h6,8-10,25,28H,7H2,1-5H3/b18-12+. The van der Waals surface area contributed by atoms with E-state index in [1.807, 2.05) is 19.9 Å². The molecular weight excluding hydrogens is 386 g/mol. The Balaban J connectivity index is 2.78. The lowest BCUT2D eigenvalue weighted by Crippen LogP contribution is -2.38. The third kappa shape index (κ3) is 3.22. The van der Waals surface area contributed by atoms with E-state index in [4.69, 9.17) is 4.74 Å². The van der Waals surface area contributed by atoms with Crippen LogP contribution in [-0.4, -0.2) is 21.9 Å². The Morgan fingerprint density at radius 1 is 1.10 bits per heavy atom. The summed E-state index contributed by atoms with van der Waals surface area (Å²) in [6.07, 6.45) is 2.35. The van der Waals surface area contributed by atoms with Crippen molar-refractivity contribution in [3.63, 3.8) is 0 Å². The number of hydrogen-bond acceptors (Lipinski definition) is 6. The summed E-state index contributed by atoms with van der Waals surface area (Å²) in [6, 6.07) is 3.70. The molecule has 0 saturated carbocycles. The van der Waals surface area contributed by atoms with Crippen molar-refractivity contribution in [2.45, 2.75) is 27.2 Å². The van der Waals surface area contributed by atoms with Gasteiger partial charge >= 0.3 is 0 Å². The molecule has 0 amide bonds. The molecule has 2 aromatic carbocycles. The maximum absolute atomic E-state index is 13.2. The van der Waals surface area contributed by atoms with Crippen molar-refractivity contribution in [3.05, 3.63) is 71.3 Å². The molecule has 0 atom stereocenters. The van der Waals surface area contributed by atoms with Gasteiger partial charge in [-0.3, -0.25) is 14.4 Å². The van der Waals surface area contributed by atoms with Crippen LogP contribution in [0.15, 0.2) is 44.2 Å². The van der Waals surface area contributed by atoms with Crippen molar-refractivity contribution in [1.82, 2.24) is 4.57 Å². The van der Waals surface area contributed by atoms with E-state index >= 15 is 0 Å². The molecule has 0 bridgehead atoms. The van der Waals surface area contributed by atoms with E-state index in [0.717, 1.165) is 11.6 Å². The first-order chi connectivity index (χ1) is 14.1. The van der Waals surface area contributed by atoms with Gasteiger partial charge in [0.2, 0.25) is 5.43 Å². The first kappa shape index (κ1) is 21.1. The number of ether oxygens (including phenoxy) is 1. The summed E-state index contributed by atoms with van der Waals surface area (Å²) in [4.78, 5) is 38.4. The van der Waals surface area contributed by atoms with Gasteiger partial charge in [0.05, 0.1) is 18.0 Å². The van der Waals surface area contributed by atoms with Gasteiger partial charge in [-0.05, 0) is 39.3 Å². The molecule has 0 spiro atoms. The van der Waals surface area contributed by atoms with Crippen LogP contribution in [0.3, 0.4) is 0 Å². The fraction of sp³-hybridized carbons (Fsp3) is 0.261. The Bertz CT molecular complexity index is 1460. The minimum Gasteiger partial charge on any atom is -0.512 e. The van der Waals surface area contributed by atoms with Crippen molar-refractivity contribution in [1.29, 1.82) is 0 Å². The highest BCUT2D eigenvalue weighted by molar-refractivity contribution is 6.02. The Kier molecular flexibility index (Phi) is 5.39. The van der Waals surface area contributed by atoms with Crippen LogP contribution in [0.4, 0.5) is 0 Å². The zero-order chi connectivity index (χ0) is 22.3. The summed E-state index contributed by atoms with van der Waals surface area (Å²) in [5.41, 5.74) is 0.115. The number of aliphatic hydroxyl groups excluding tert-OH is 1. The number of methoxy groups -OCH3 is 1. The summed E-state index contributed by atoms with van der Waals surface area (Å²) in [5.74, 6) is -0.470. The normalized spacial score (nSPS) is 12.2. The number of pyridine rings is 1. The quantitative estimate of drug-likeness (QED) is 0.642. The molecule has 0 aliphatic rings. The molecule has 1 heterocycles. The van der Waals surface area contributed by atoms with E-state index in [1.54, 1.807) is 7.05 Å². The fourth-order valence-electron chi connectivity index (χ4n) is 3.73. The SMILES string of the molecule is COc1cc(=O)c2c(O)c3ccc(=O)/c(=C(/C)O)c(=O)c3n(C)c2c1CC=C(C)C. The van der Waals surface area contributed by atoms with Crippen LogP contribution in [0.25, 0.3) is 27.6 Å². The van der Waals surface area contributed by atoms with Gasteiger partial charge in [0, 0.05) is 24.1 Å². The molecule has 7 heteroatoms. The highest BCUT2D eigenvalue weighted by atomic mass is 16.5. The predicted octanol–water partition coefficient (Wildman–Crippen LogP) is 2.04. The van der Waals surface area contributed by atoms with Gasteiger partial charge in [0.25, 0.3) is 0 Å². The number of allylic oxidation sites excluding steroid dienone is 2. The highest BCUT2D eigenvalue weighted by Crippen LogP contribution is 2.35. The molecule has 156 valence electrons. The number of nitrogens with zero attached hydrogens (tertiary/aromatic N) is 1. The van der Waals surface area contributed by atoms with E-state index in [0.29, 0.717) is 23.3 Å². The van der Waals surface area contributed by atoms with E-state index in [2.05, 4.69) is 0 Å². The first-order valence-electron chi connectivity index (χ1n) is 9.35. The second-order valence-electron chi connectivity index (χ2n) is 7.42. The molecule has 30 heavy (non-hydrogen) atoms. The third-order valence-electron chi connectivity index (χ3n) is 5.13. The zero-order valence-electron chi connectivity index (χ0n) is 17.5. The Morgan fingerprint density at radius 2 is 1.77 bits per heavy atom. The minimum absolute atomic E-state index is 0.00315. The van der Waals surface area contributed by atoms with Crippen LogP contribution in [0.1, 0.15) is 26.3 Å². The molecule has 0 aliphatic carbocycles. The van der Waals surface area contributed by atoms with Gasteiger partial charge in [0.1, 0.15) is 28.0 Å². The molecule has 0 fully saturated rings. The Hall–Kier alpha value is -3.61. The average molecular weight is 409 g/mol. The van der Waals surface area contributed by atoms with Crippen molar-refractivity contribution >= 4 is 27.6 Å². The van der Waals surface area contributed by atoms with Crippen LogP contribution in [0.5, 0.6) is 11.5 Å². The van der Waals surface area contributed by atoms with E-state index in [-0.39, 0.29) is 21.5 Å². The molecule has 3 rings (SSSR count). The summed E-state index contributed by atoms with van der Waals surface area (Å²) >= 11 is 0. The molecule has 7 nitrogen and oxygen atoms in total. The van der Waals surface area contributed by atoms with Crippen LogP contribution in [0.2, 0.25) is 0 Å². The summed E-state index contributed by atoms with van der Waals surface area (Å²) in [5, 5.41) is 20.6. The number of aliphatic hydroxyl groups is 1. The number of aromatic nitrogens is 1. The van der Waals surface area contributed by atoms with Crippen LogP contribution >= 0.6 is 0 Å². The lowest BCUT2D eigenvalue weighted by Gasteiger charge is -2.17. The number of aryl methyl sites for hydroxylation is 1. The largest absolute Gasteiger partial charge is 0.512 e. The van der Waals surface area contributed by atoms with Crippen molar-refractivity contribution in [3.8, 4) is 11.5 Å². The monoisotopic (exact) mass is 409 g/mol. The molecule has 0 aliphatic heterocycles. The molecular formula is C23H23NO6. The molecule has 0 radical (unpaired) electrons. The second kappa shape index (κ2) is 7.67. The average Bonchev–Trinajstić information content (AvgIpc) is 2.80. The van der Waals surface area contributed by atoms with Gasteiger partial charge in [-0.2, -0.15) is 0 Å². The topological polar surface area (TPSA) is 106 Å². The van der Waals surface area contributed by atoms with E-state index in [1.165, 1.54) is 30.7 Å². The number of rotatable bonds is 3. The van der Waals surface area contributed by atoms with Crippen LogP contribution in [0, 0.1) is 0 Å². The number of hydrogen-bond donors (Lipinski definition) is 2. The number of fused-ring (bicyclic) bond motifs is 2. The maximum atomic E-state index is 13.2. The van der Waals surface area contributed by atoms with Gasteiger partial charge in [0.15, 0.2) is 10.9 Å². The summed E-state index contributed by atoms with van der Waals surface area (Å²) in [6.45, 7) is 5.12. The Labute approximate surface area is 171 Å². The maximum Gasteiger partial charge on any atom is 0.217 e. The lowest BCUT2D eigenvalue weighted by molar-refractivity contribution is 0.411. The minimum atomic E-state index is -0.733. The highest BCUT2D eigenvalue weighted by Gasteiger charge is 2.21. The predicted molar refractivity (Wildman–Crippen MR) is 118 cm³/mol. The van der Waals surface area contributed by atoms with Gasteiger partial charge in [-0.1, -0.05) is 11.6 Å². The van der Waals surface area contributed by atoms with Crippen molar-refractivity contribution < 1.29 is 14.9 Å². The number of aromatic hydroxyl groups is 1. The molecule has 3 aromatic rings. The molecule has 1 aromatic heterocycles. The molecule has 0 saturated heterocycles. The fourth-order valence-corrected chi connectivity index (χ4v) is 3.73. The second-order valence-corrected chi connectivity index (χ2v) is 7.42. The number of benzene rings is 1. The first-order valence-corrected chi connectivity index (χ1v) is 9.35. The Morgan fingerprint density at radius 3 is 2.33 bits per heavy atom. The van der Waals surface area contributed by atoms with E-state index < -0.39 is 27.8 Å². The van der Waals surface area contributed by atoms with Crippen LogP contribution in [-0.2, 0) is 13.5 Å². The molecule has 2 N–H and O–H groups in total. The van der Waals surface area contributed by atoms with Gasteiger partial charge < -0.3 is 19.5 Å². The smallest absolute Gasteiger partial charge is 0.217 e. The van der Waals surface area contributed by atoms with Crippen molar-refractivity contribution in [2.75, 3.05) is 7.11 Å². The lowest BCUT2D eigenvalue weighted by atomic mass is 10.0. The summed E-state index contributed by atoms with van der Waals surface area (Å²) in [7, 11) is 3.02. The van der Waals surface area contributed by atoms with Gasteiger partial charge in [-0.15, -0.1) is 0 Å². The zero-order valence-corrected chi connectivity index (χ0v) is 17.5. The van der Waals surface area contributed by atoms with Crippen molar-refractivity contribution in [2.24, 2.45) is 7.05 Å².